The molecule has 0 N–H and O–H groups in total. The molecule has 1 saturated heterocycles. The Morgan fingerprint density at radius 3 is 2.53 bits per heavy atom. The van der Waals surface area contributed by atoms with Crippen molar-refractivity contribution in [1.29, 1.82) is 0 Å². The Hall–Kier alpha value is -3.35. The van der Waals surface area contributed by atoms with E-state index in [9.17, 15) is 9.59 Å². The summed E-state index contributed by atoms with van der Waals surface area (Å²) in [7, 11) is 0. The molecule has 166 valence electrons. The minimum absolute atomic E-state index is 0.128. The third-order valence-corrected chi connectivity index (χ3v) is 6.46. The summed E-state index contributed by atoms with van der Waals surface area (Å²) in [5, 5.41) is 0. The molecule has 7 nitrogen and oxygen atoms in total. The third-order valence-electron chi connectivity index (χ3n) is 6.46. The standard InChI is InChI=1S/C25H27N3O4/c1-17(23(29)28-15-10-18-6-2-3-7-20(18)16-28)31-24(30)19-11-13-27(14-12-19)25-26-21-8-4-5-9-22(21)32-25/h2-9,17,19H,10-16H2,1H3/t17-/m1/s1. The van der Waals surface area contributed by atoms with E-state index < -0.39 is 6.10 Å². The molecule has 0 radical (unpaired) electrons. The second-order valence-corrected chi connectivity index (χ2v) is 8.58. The number of esters is 1. The Morgan fingerprint density at radius 1 is 1.03 bits per heavy atom. The molecule has 5 rings (SSSR count). The van der Waals surface area contributed by atoms with Gasteiger partial charge in [-0.15, -0.1) is 0 Å². The zero-order chi connectivity index (χ0) is 22.1. The van der Waals surface area contributed by atoms with Gasteiger partial charge in [-0.1, -0.05) is 36.4 Å². The molecule has 0 spiro atoms. The average Bonchev–Trinajstić information content (AvgIpc) is 3.27. The van der Waals surface area contributed by atoms with E-state index in [1.807, 2.05) is 36.4 Å². The van der Waals surface area contributed by atoms with Crippen LogP contribution in [0.25, 0.3) is 11.1 Å². The van der Waals surface area contributed by atoms with Crippen molar-refractivity contribution in [1.82, 2.24) is 9.88 Å². The molecule has 32 heavy (non-hydrogen) atoms. The number of rotatable bonds is 4. The second-order valence-electron chi connectivity index (χ2n) is 8.58. The van der Waals surface area contributed by atoms with Crippen molar-refractivity contribution in [2.75, 3.05) is 24.5 Å². The first-order valence-electron chi connectivity index (χ1n) is 11.2. The smallest absolute Gasteiger partial charge is 0.309 e. The predicted molar refractivity (Wildman–Crippen MR) is 120 cm³/mol. The van der Waals surface area contributed by atoms with Gasteiger partial charge in [0, 0.05) is 26.2 Å². The van der Waals surface area contributed by atoms with Crippen molar-refractivity contribution < 1.29 is 18.7 Å². The number of hydrogen-bond donors (Lipinski definition) is 0. The highest BCUT2D eigenvalue weighted by Gasteiger charge is 2.32. The third kappa shape index (κ3) is 4.07. The van der Waals surface area contributed by atoms with Crippen LogP contribution < -0.4 is 4.90 Å². The zero-order valence-corrected chi connectivity index (χ0v) is 18.2. The van der Waals surface area contributed by atoms with Crippen LogP contribution in [0.2, 0.25) is 0 Å². The van der Waals surface area contributed by atoms with Crippen molar-refractivity contribution in [2.24, 2.45) is 5.92 Å². The maximum absolute atomic E-state index is 12.9. The summed E-state index contributed by atoms with van der Waals surface area (Å²) >= 11 is 0. The van der Waals surface area contributed by atoms with Crippen molar-refractivity contribution in [3.05, 3.63) is 59.7 Å². The average molecular weight is 434 g/mol. The molecule has 0 unspecified atom stereocenters. The van der Waals surface area contributed by atoms with Crippen LogP contribution in [0.1, 0.15) is 30.9 Å². The number of carbonyl (C=O) groups excluding carboxylic acids is 2. The Labute approximate surface area is 187 Å². The highest BCUT2D eigenvalue weighted by molar-refractivity contribution is 5.84. The van der Waals surface area contributed by atoms with Gasteiger partial charge in [-0.2, -0.15) is 4.98 Å². The van der Waals surface area contributed by atoms with Gasteiger partial charge in [-0.3, -0.25) is 9.59 Å². The lowest BCUT2D eigenvalue weighted by Crippen LogP contribution is -2.44. The molecular formula is C25H27N3O4. The SMILES string of the molecule is C[C@@H](OC(=O)C1CCN(c2nc3ccccc3o2)CC1)C(=O)N1CCc2ccccc2C1. The minimum atomic E-state index is -0.775. The van der Waals surface area contributed by atoms with Gasteiger partial charge >= 0.3 is 5.97 Å². The molecule has 2 aromatic carbocycles. The molecular weight excluding hydrogens is 406 g/mol. The summed E-state index contributed by atoms with van der Waals surface area (Å²) < 4.78 is 11.4. The highest BCUT2D eigenvalue weighted by atomic mass is 16.5. The number of anilines is 1. The Balaban J connectivity index is 1.14. The molecule has 2 aliphatic rings. The van der Waals surface area contributed by atoms with E-state index in [1.165, 1.54) is 5.56 Å². The first-order chi connectivity index (χ1) is 15.6. The first kappa shape index (κ1) is 20.5. The summed E-state index contributed by atoms with van der Waals surface area (Å²) in [6.45, 7) is 4.23. The van der Waals surface area contributed by atoms with Crippen LogP contribution in [0.4, 0.5) is 6.01 Å². The number of ether oxygens (including phenoxy) is 1. The van der Waals surface area contributed by atoms with Crippen molar-refractivity contribution in [3.8, 4) is 0 Å². The molecule has 7 heteroatoms. The number of fused-ring (bicyclic) bond motifs is 2. The number of benzene rings is 2. The molecule has 0 aliphatic carbocycles. The fourth-order valence-corrected chi connectivity index (χ4v) is 4.56. The quantitative estimate of drug-likeness (QED) is 0.586. The van der Waals surface area contributed by atoms with Crippen LogP contribution in [0.3, 0.4) is 0 Å². The van der Waals surface area contributed by atoms with Crippen LogP contribution in [0, 0.1) is 5.92 Å². The number of aromatic nitrogens is 1. The molecule has 3 heterocycles. The Kier molecular flexibility index (Phi) is 5.55. The van der Waals surface area contributed by atoms with E-state index in [-0.39, 0.29) is 17.8 Å². The van der Waals surface area contributed by atoms with Crippen LogP contribution in [0.5, 0.6) is 0 Å². The van der Waals surface area contributed by atoms with E-state index in [4.69, 9.17) is 9.15 Å². The first-order valence-corrected chi connectivity index (χ1v) is 11.2. The van der Waals surface area contributed by atoms with E-state index in [2.05, 4.69) is 22.0 Å². The number of oxazole rings is 1. The molecule has 2 aliphatic heterocycles. The van der Waals surface area contributed by atoms with Gasteiger partial charge < -0.3 is 19.0 Å². The van der Waals surface area contributed by atoms with E-state index in [0.29, 0.717) is 45.0 Å². The topological polar surface area (TPSA) is 75.9 Å². The molecule has 1 atom stereocenters. The number of piperidine rings is 1. The Bertz CT molecular complexity index is 1100. The predicted octanol–water partition coefficient (Wildman–Crippen LogP) is 3.56. The zero-order valence-electron chi connectivity index (χ0n) is 18.2. The normalized spacial score (nSPS) is 17.8. The van der Waals surface area contributed by atoms with Gasteiger partial charge in [0.2, 0.25) is 0 Å². The second kappa shape index (κ2) is 8.65. The van der Waals surface area contributed by atoms with Gasteiger partial charge in [0.1, 0.15) is 5.52 Å². The maximum atomic E-state index is 12.9. The molecule has 1 amide bonds. The summed E-state index contributed by atoms with van der Waals surface area (Å²) in [4.78, 5) is 34.0. The Morgan fingerprint density at radius 2 is 1.75 bits per heavy atom. The number of amides is 1. The monoisotopic (exact) mass is 433 g/mol. The molecule has 1 aromatic heterocycles. The van der Waals surface area contributed by atoms with Crippen molar-refractivity contribution >= 4 is 29.0 Å². The van der Waals surface area contributed by atoms with Gasteiger partial charge in [0.15, 0.2) is 11.7 Å². The summed E-state index contributed by atoms with van der Waals surface area (Å²) in [6.07, 6.45) is 1.35. The number of nitrogens with zero attached hydrogens (tertiary/aromatic N) is 3. The van der Waals surface area contributed by atoms with E-state index in [1.54, 1.807) is 11.8 Å². The van der Waals surface area contributed by atoms with Crippen LogP contribution >= 0.6 is 0 Å². The largest absolute Gasteiger partial charge is 0.452 e. The number of carbonyl (C=O) groups is 2. The van der Waals surface area contributed by atoms with E-state index >= 15 is 0 Å². The van der Waals surface area contributed by atoms with Crippen LogP contribution in [0.15, 0.2) is 52.9 Å². The van der Waals surface area contributed by atoms with Gasteiger partial charge in [0.05, 0.1) is 5.92 Å². The summed E-state index contributed by atoms with van der Waals surface area (Å²) in [6, 6.07) is 16.4. The molecule has 1 fully saturated rings. The van der Waals surface area contributed by atoms with Gasteiger partial charge in [-0.25, -0.2) is 0 Å². The lowest BCUT2D eigenvalue weighted by Gasteiger charge is -2.32. The van der Waals surface area contributed by atoms with Crippen LogP contribution in [-0.4, -0.2) is 47.5 Å². The molecule has 3 aromatic rings. The van der Waals surface area contributed by atoms with Crippen molar-refractivity contribution in [3.63, 3.8) is 0 Å². The summed E-state index contributed by atoms with van der Waals surface area (Å²) in [5.74, 6) is -0.634. The van der Waals surface area contributed by atoms with Crippen molar-refractivity contribution in [2.45, 2.75) is 38.8 Å². The molecule has 0 saturated carbocycles. The fourth-order valence-electron chi connectivity index (χ4n) is 4.56. The molecule has 0 bridgehead atoms. The highest BCUT2D eigenvalue weighted by Crippen LogP contribution is 2.27. The van der Waals surface area contributed by atoms with Crippen LogP contribution in [-0.2, 0) is 27.3 Å². The summed E-state index contributed by atoms with van der Waals surface area (Å²) in [5.41, 5.74) is 4.04. The lowest BCUT2D eigenvalue weighted by atomic mass is 9.97. The fraction of sp³-hybridized carbons (Fsp3) is 0.400. The minimum Gasteiger partial charge on any atom is -0.452 e. The lowest BCUT2D eigenvalue weighted by molar-refractivity contribution is -0.163. The van der Waals surface area contributed by atoms with Gasteiger partial charge in [-0.05, 0) is 49.4 Å². The maximum Gasteiger partial charge on any atom is 0.309 e. The number of para-hydroxylation sites is 2. The van der Waals surface area contributed by atoms with E-state index in [0.717, 1.165) is 23.1 Å². The number of hydrogen-bond acceptors (Lipinski definition) is 6. The van der Waals surface area contributed by atoms with Gasteiger partial charge in [0.25, 0.3) is 11.9 Å².